The number of hydrogen-bond acceptors (Lipinski definition) is 3. The summed E-state index contributed by atoms with van der Waals surface area (Å²) in [5, 5.41) is 4.90. The summed E-state index contributed by atoms with van der Waals surface area (Å²) in [5.41, 5.74) is 2.52. The maximum Gasteiger partial charge on any atom is 0.272 e. The van der Waals surface area contributed by atoms with E-state index in [2.05, 4.69) is 22.2 Å². The van der Waals surface area contributed by atoms with E-state index in [1.165, 1.54) is 11.9 Å². The van der Waals surface area contributed by atoms with Crippen LogP contribution < -0.4 is 0 Å². The molecule has 6 heteroatoms. The van der Waals surface area contributed by atoms with E-state index in [-0.39, 0.29) is 5.91 Å². The molecule has 0 aliphatic carbocycles. The van der Waals surface area contributed by atoms with Crippen LogP contribution in [0.4, 0.5) is 0 Å². The van der Waals surface area contributed by atoms with Crippen molar-refractivity contribution in [3.8, 4) is 0 Å². The molecule has 1 amide bonds. The van der Waals surface area contributed by atoms with Gasteiger partial charge in [-0.15, -0.1) is 0 Å². The normalized spacial score (nSPS) is 17.5. The zero-order valence-electron chi connectivity index (χ0n) is 13.1. The molecular weight excluding hydrogens is 324 g/mol. The van der Waals surface area contributed by atoms with Crippen molar-refractivity contribution in [3.63, 3.8) is 0 Å². The smallest absolute Gasteiger partial charge is 0.272 e. The summed E-state index contributed by atoms with van der Waals surface area (Å²) in [7, 11) is 0. The van der Waals surface area contributed by atoms with Gasteiger partial charge < -0.3 is 4.90 Å². The van der Waals surface area contributed by atoms with Crippen LogP contribution >= 0.6 is 11.6 Å². The van der Waals surface area contributed by atoms with Gasteiger partial charge in [0.1, 0.15) is 12.0 Å². The van der Waals surface area contributed by atoms with E-state index < -0.39 is 0 Å². The lowest BCUT2D eigenvalue weighted by atomic mass is 9.99. The van der Waals surface area contributed by atoms with Crippen LogP contribution in [0.25, 0.3) is 5.65 Å². The van der Waals surface area contributed by atoms with Crippen molar-refractivity contribution in [2.75, 3.05) is 13.1 Å². The molecular formula is C18H17ClN4O. The van der Waals surface area contributed by atoms with Crippen molar-refractivity contribution in [1.82, 2.24) is 19.5 Å². The fourth-order valence-electron chi connectivity index (χ4n) is 3.31. The highest BCUT2D eigenvalue weighted by Gasteiger charge is 2.28. The van der Waals surface area contributed by atoms with E-state index in [1.54, 1.807) is 10.6 Å². The van der Waals surface area contributed by atoms with Gasteiger partial charge in [-0.25, -0.2) is 9.50 Å². The number of hydrogen-bond donors (Lipinski definition) is 0. The largest absolute Gasteiger partial charge is 0.337 e. The molecule has 1 fully saturated rings. The molecule has 1 unspecified atom stereocenters. The van der Waals surface area contributed by atoms with Crippen molar-refractivity contribution < 1.29 is 4.79 Å². The molecule has 1 aliphatic rings. The molecule has 2 aromatic heterocycles. The summed E-state index contributed by atoms with van der Waals surface area (Å²) >= 11 is 5.93. The van der Waals surface area contributed by atoms with Crippen LogP contribution in [0.1, 0.15) is 22.5 Å². The van der Waals surface area contributed by atoms with Crippen LogP contribution in [0.3, 0.4) is 0 Å². The SMILES string of the molecule is O=C(c1cccc2ncnn12)N1CCC(Cc2ccc(Cl)cc2)C1. The predicted octanol–water partition coefficient (Wildman–Crippen LogP) is 3.09. The maximum atomic E-state index is 12.8. The van der Waals surface area contributed by atoms with Gasteiger partial charge in [-0.1, -0.05) is 29.8 Å². The van der Waals surface area contributed by atoms with E-state index in [4.69, 9.17) is 11.6 Å². The number of carbonyl (C=O) groups is 1. The second kappa shape index (κ2) is 6.24. The number of carbonyl (C=O) groups excluding carboxylic acids is 1. The third kappa shape index (κ3) is 2.87. The van der Waals surface area contributed by atoms with Crippen LogP contribution in [0.2, 0.25) is 5.02 Å². The molecule has 122 valence electrons. The highest BCUT2D eigenvalue weighted by Crippen LogP contribution is 2.23. The monoisotopic (exact) mass is 340 g/mol. The minimum absolute atomic E-state index is 0.0182. The molecule has 1 atom stereocenters. The Morgan fingerprint density at radius 1 is 1.21 bits per heavy atom. The first-order valence-electron chi connectivity index (χ1n) is 8.03. The van der Waals surface area contributed by atoms with Crippen molar-refractivity contribution in [2.45, 2.75) is 12.8 Å². The molecule has 5 nitrogen and oxygen atoms in total. The van der Waals surface area contributed by atoms with Crippen molar-refractivity contribution in [1.29, 1.82) is 0 Å². The number of benzene rings is 1. The first kappa shape index (κ1) is 15.1. The highest BCUT2D eigenvalue weighted by atomic mass is 35.5. The number of rotatable bonds is 3. The van der Waals surface area contributed by atoms with Gasteiger partial charge in [-0.3, -0.25) is 4.79 Å². The predicted molar refractivity (Wildman–Crippen MR) is 92.2 cm³/mol. The van der Waals surface area contributed by atoms with Crippen molar-refractivity contribution in [2.24, 2.45) is 5.92 Å². The van der Waals surface area contributed by atoms with Crippen LogP contribution in [-0.4, -0.2) is 38.5 Å². The standard InChI is InChI=1S/C18H17ClN4O/c19-15-6-4-13(5-7-15)10-14-8-9-22(11-14)18(24)16-2-1-3-17-20-12-21-23(16)17/h1-7,12,14H,8-11H2. The van der Waals surface area contributed by atoms with E-state index >= 15 is 0 Å². The topological polar surface area (TPSA) is 50.5 Å². The number of likely N-dealkylation sites (tertiary alicyclic amines) is 1. The number of nitrogens with zero attached hydrogens (tertiary/aromatic N) is 4. The van der Waals surface area contributed by atoms with E-state index in [0.717, 1.165) is 31.0 Å². The van der Waals surface area contributed by atoms with Gasteiger partial charge in [0.2, 0.25) is 0 Å². The second-order valence-electron chi connectivity index (χ2n) is 6.18. The molecule has 1 saturated heterocycles. The van der Waals surface area contributed by atoms with E-state index in [9.17, 15) is 4.79 Å². The number of halogens is 1. The van der Waals surface area contributed by atoms with Crippen LogP contribution in [0.15, 0.2) is 48.8 Å². The highest BCUT2D eigenvalue weighted by molar-refractivity contribution is 6.30. The summed E-state index contributed by atoms with van der Waals surface area (Å²) in [6, 6.07) is 13.4. The lowest BCUT2D eigenvalue weighted by Crippen LogP contribution is -2.30. The number of fused-ring (bicyclic) bond motifs is 1. The average molecular weight is 341 g/mol. The van der Waals surface area contributed by atoms with Crippen molar-refractivity contribution in [3.05, 3.63) is 65.1 Å². The molecule has 0 spiro atoms. The third-order valence-electron chi connectivity index (χ3n) is 4.53. The fourth-order valence-corrected chi connectivity index (χ4v) is 3.43. The molecule has 3 aromatic rings. The molecule has 4 rings (SSSR count). The van der Waals surface area contributed by atoms with Crippen LogP contribution in [-0.2, 0) is 6.42 Å². The van der Waals surface area contributed by atoms with Gasteiger partial charge in [-0.2, -0.15) is 5.10 Å². The summed E-state index contributed by atoms with van der Waals surface area (Å²) in [4.78, 5) is 18.9. The Morgan fingerprint density at radius 3 is 2.88 bits per heavy atom. The Kier molecular flexibility index (Phi) is 3.94. The first-order valence-corrected chi connectivity index (χ1v) is 8.41. The second-order valence-corrected chi connectivity index (χ2v) is 6.61. The molecule has 0 saturated carbocycles. The minimum Gasteiger partial charge on any atom is -0.337 e. The van der Waals surface area contributed by atoms with E-state index in [1.807, 2.05) is 29.2 Å². The van der Waals surface area contributed by atoms with Crippen molar-refractivity contribution >= 4 is 23.2 Å². The summed E-state index contributed by atoms with van der Waals surface area (Å²) in [6.45, 7) is 1.55. The molecule has 1 aliphatic heterocycles. The van der Waals surface area contributed by atoms with Gasteiger partial charge in [0.25, 0.3) is 5.91 Å². The third-order valence-corrected chi connectivity index (χ3v) is 4.78. The maximum absolute atomic E-state index is 12.8. The van der Waals surface area contributed by atoms with Gasteiger partial charge in [0.15, 0.2) is 5.65 Å². The van der Waals surface area contributed by atoms with Gasteiger partial charge in [-0.05, 0) is 48.6 Å². The number of amides is 1. The zero-order chi connectivity index (χ0) is 16.5. The van der Waals surface area contributed by atoms with Gasteiger partial charge >= 0.3 is 0 Å². The minimum atomic E-state index is 0.0182. The Bertz CT molecular complexity index is 874. The Hall–Kier alpha value is -2.40. The van der Waals surface area contributed by atoms with Crippen LogP contribution in [0.5, 0.6) is 0 Å². The fraction of sp³-hybridized carbons (Fsp3) is 0.278. The molecule has 1 aromatic carbocycles. The first-order chi connectivity index (χ1) is 11.7. The number of pyridine rings is 1. The Morgan fingerprint density at radius 2 is 2.04 bits per heavy atom. The summed E-state index contributed by atoms with van der Waals surface area (Å²) < 4.78 is 1.61. The van der Waals surface area contributed by atoms with Gasteiger partial charge in [0, 0.05) is 18.1 Å². The van der Waals surface area contributed by atoms with Crippen LogP contribution in [0, 0.1) is 5.92 Å². The summed E-state index contributed by atoms with van der Waals surface area (Å²) in [6.07, 6.45) is 3.45. The lowest BCUT2D eigenvalue weighted by Gasteiger charge is -2.17. The molecule has 24 heavy (non-hydrogen) atoms. The lowest BCUT2D eigenvalue weighted by molar-refractivity contribution is 0.0778. The quantitative estimate of drug-likeness (QED) is 0.736. The molecule has 0 bridgehead atoms. The molecule has 3 heterocycles. The zero-order valence-corrected chi connectivity index (χ0v) is 13.9. The Balaban J connectivity index is 1.47. The number of aromatic nitrogens is 3. The molecule has 0 N–H and O–H groups in total. The summed E-state index contributed by atoms with van der Waals surface area (Å²) in [5.74, 6) is 0.495. The average Bonchev–Trinajstić information content (AvgIpc) is 3.25. The Labute approximate surface area is 144 Å². The van der Waals surface area contributed by atoms with Gasteiger partial charge in [0.05, 0.1) is 0 Å². The van der Waals surface area contributed by atoms with E-state index in [0.29, 0.717) is 17.3 Å². The molecule has 0 radical (unpaired) electrons.